The number of hydrogen-bond donors (Lipinski definition) is 1. The van der Waals surface area contributed by atoms with Crippen molar-refractivity contribution in [3.63, 3.8) is 0 Å². The van der Waals surface area contributed by atoms with Crippen LogP contribution in [-0.4, -0.2) is 77.3 Å². The molecular formula is C27H25ClF3N5O6S2. The summed E-state index contributed by atoms with van der Waals surface area (Å²) in [6.07, 6.45) is -0.852. The second-order valence-corrected chi connectivity index (χ2v) is 13.2. The van der Waals surface area contributed by atoms with Gasteiger partial charge in [0, 0.05) is 30.6 Å². The summed E-state index contributed by atoms with van der Waals surface area (Å²) < 4.78 is 75.5. The van der Waals surface area contributed by atoms with Crippen LogP contribution < -0.4 is 4.72 Å². The van der Waals surface area contributed by atoms with Gasteiger partial charge >= 0.3 is 16.4 Å². The smallest absolute Gasteiger partial charge is 0.381 e. The Hall–Kier alpha value is -3.44. The number of benzene rings is 2. The number of halogens is 4. The summed E-state index contributed by atoms with van der Waals surface area (Å²) >= 11 is 6.37. The number of amides is 3. The van der Waals surface area contributed by atoms with Crippen LogP contribution in [0.4, 0.5) is 18.0 Å². The summed E-state index contributed by atoms with van der Waals surface area (Å²) in [6, 6.07) is 8.40. The van der Waals surface area contributed by atoms with Crippen molar-refractivity contribution >= 4 is 67.6 Å². The number of methoxy groups -OCH3 is 1. The van der Waals surface area contributed by atoms with Gasteiger partial charge in [0.15, 0.2) is 0 Å². The molecule has 1 N–H and O–H groups in total. The Kier molecular flexibility index (Phi) is 9.09. The van der Waals surface area contributed by atoms with Crippen LogP contribution in [-0.2, 0) is 37.3 Å². The molecular weight excluding hydrogens is 647 g/mol. The molecule has 0 saturated carbocycles. The lowest BCUT2D eigenvalue weighted by molar-refractivity contribution is -0.138. The lowest BCUT2D eigenvalue weighted by atomic mass is 10.1. The first-order chi connectivity index (χ1) is 20.7. The van der Waals surface area contributed by atoms with Crippen molar-refractivity contribution in [1.82, 2.24) is 23.7 Å². The lowest BCUT2D eigenvalue weighted by Crippen LogP contribution is -2.50. The van der Waals surface area contributed by atoms with Crippen LogP contribution in [0.2, 0.25) is 5.02 Å². The number of imide groups is 1. The minimum Gasteiger partial charge on any atom is -0.381 e. The largest absolute Gasteiger partial charge is 0.416 e. The Morgan fingerprint density at radius 2 is 1.91 bits per heavy atom. The van der Waals surface area contributed by atoms with Gasteiger partial charge in [-0.25, -0.2) is 4.72 Å². The van der Waals surface area contributed by atoms with Crippen LogP contribution in [0.5, 0.6) is 0 Å². The zero-order valence-corrected chi connectivity index (χ0v) is 25.4. The number of rotatable bonds is 8. The fourth-order valence-electron chi connectivity index (χ4n) is 4.91. The monoisotopic (exact) mass is 671 g/mol. The van der Waals surface area contributed by atoms with Crippen molar-refractivity contribution in [3.8, 4) is 0 Å². The summed E-state index contributed by atoms with van der Waals surface area (Å²) in [5, 5.41) is 4.00. The predicted octanol–water partition coefficient (Wildman–Crippen LogP) is 4.26. The Morgan fingerprint density at radius 3 is 2.59 bits per heavy atom. The molecule has 2 fully saturated rings. The highest BCUT2D eigenvalue weighted by molar-refractivity contribution is 8.18. The van der Waals surface area contributed by atoms with Gasteiger partial charge < -0.3 is 4.74 Å². The van der Waals surface area contributed by atoms with Crippen LogP contribution in [0.25, 0.3) is 17.0 Å². The predicted molar refractivity (Wildman–Crippen MR) is 157 cm³/mol. The number of hydrogen-bond acceptors (Lipinski definition) is 8. The summed E-state index contributed by atoms with van der Waals surface area (Å²) in [7, 11) is -2.63. The van der Waals surface area contributed by atoms with Crippen LogP contribution in [0.15, 0.2) is 47.5 Å². The molecule has 0 spiro atoms. The topological polar surface area (TPSA) is 131 Å². The van der Waals surface area contributed by atoms with E-state index in [9.17, 15) is 36.0 Å². The van der Waals surface area contributed by atoms with E-state index < -0.39 is 45.5 Å². The van der Waals surface area contributed by atoms with E-state index in [4.69, 9.17) is 16.3 Å². The number of alkyl halides is 3. The fourth-order valence-corrected chi connectivity index (χ4v) is 7.10. The van der Waals surface area contributed by atoms with E-state index in [1.165, 1.54) is 36.2 Å². The van der Waals surface area contributed by atoms with E-state index in [1.54, 1.807) is 18.2 Å². The molecule has 0 radical (unpaired) electrons. The zero-order valence-electron chi connectivity index (χ0n) is 23.0. The molecule has 2 saturated heterocycles. The summed E-state index contributed by atoms with van der Waals surface area (Å²) in [5.74, 6) is -1.81. The van der Waals surface area contributed by atoms with Crippen LogP contribution in [0.3, 0.4) is 0 Å². The molecule has 0 atom stereocenters. The molecule has 3 amide bonds. The van der Waals surface area contributed by atoms with E-state index in [-0.39, 0.29) is 41.2 Å². The van der Waals surface area contributed by atoms with E-state index in [2.05, 4.69) is 5.10 Å². The summed E-state index contributed by atoms with van der Waals surface area (Å²) in [5.41, 5.74) is 0.148. The molecule has 0 bridgehead atoms. The van der Waals surface area contributed by atoms with Crippen molar-refractivity contribution in [1.29, 1.82) is 0 Å². The first-order valence-electron chi connectivity index (χ1n) is 13.2. The number of piperidine rings is 1. The second-order valence-electron chi connectivity index (χ2n) is 10.1. The van der Waals surface area contributed by atoms with Crippen molar-refractivity contribution in [2.75, 3.05) is 26.7 Å². The highest BCUT2D eigenvalue weighted by Gasteiger charge is 2.38. The molecule has 0 aliphatic carbocycles. The molecule has 2 aliphatic heterocycles. The van der Waals surface area contributed by atoms with Crippen LogP contribution in [0, 0.1) is 0 Å². The number of thioether (sulfide) groups is 1. The molecule has 3 heterocycles. The summed E-state index contributed by atoms with van der Waals surface area (Å²) in [6.45, 7) is -0.641. The van der Waals surface area contributed by atoms with Gasteiger partial charge in [-0.1, -0.05) is 23.7 Å². The second kappa shape index (κ2) is 12.5. The third kappa shape index (κ3) is 6.94. The van der Waals surface area contributed by atoms with Crippen molar-refractivity contribution < 1.29 is 40.7 Å². The number of nitrogens with zero attached hydrogens (tertiary/aromatic N) is 4. The maximum absolute atomic E-state index is 13.5. The Bertz CT molecular complexity index is 1770. The maximum Gasteiger partial charge on any atom is 0.416 e. The molecule has 1 aromatic heterocycles. The quantitative estimate of drug-likeness (QED) is 0.352. The third-order valence-electron chi connectivity index (χ3n) is 7.15. The van der Waals surface area contributed by atoms with Gasteiger partial charge in [0.05, 0.1) is 34.8 Å². The molecule has 234 valence electrons. The minimum atomic E-state index is -4.60. The van der Waals surface area contributed by atoms with Gasteiger partial charge in [0.25, 0.3) is 17.1 Å². The molecule has 2 aliphatic rings. The van der Waals surface area contributed by atoms with Crippen LogP contribution >= 0.6 is 23.4 Å². The number of fused-ring (bicyclic) bond motifs is 1. The number of carbonyl (C=O) groups is 3. The number of carbonyl (C=O) groups excluding carboxylic acids is 3. The first kappa shape index (κ1) is 32.0. The number of ether oxygens (including phenoxy) is 1. The van der Waals surface area contributed by atoms with Gasteiger partial charge in [-0.3, -0.25) is 24.0 Å². The maximum atomic E-state index is 13.5. The average molecular weight is 672 g/mol. The third-order valence-corrected chi connectivity index (χ3v) is 9.83. The van der Waals surface area contributed by atoms with Crippen molar-refractivity contribution in [2.24, 2.45) is 0 Å². The number of aromatic nitrogens is 2. The molecule has 3 aromatic rings. The van der Waals surface area contributed by atoms with E-state index in [1.807, 2.05) is 4.72 Å². The highest BCUT2D eigenvalue weighted by atomic mass is 35.5. The molecule has 17 heteroatoms. The van der Waals surface area contributed by atoms with Crippen molar-refractivity contribution in [3.05, 3.63) is 69.2 Å². The van der Waals surface area contributed by atoms with Gasteiger partial charge in [-0.2, -0.15) is 31.0 Å². The first-order valence-corrected chi connectivity index (χ1v) is 15.8. The van der Waals surface area contributed by atoms with Gasteiger partial charge in [0.1, 0.15) is 6.54 Å². The van der Waals surface area contributed by atoms with E-state index >= 15 is 0 Å². The molecule has 5 rings (SSSR count). The van der Waals surface area contributed by atoms with Gasteiger partial charge in [0.2, 0.25) is 0 Å². The Labute approximate surface area is 259 Å². The SMILES string of the molecule is COC1CCN(S(=O)(=O)NC(=O)CN2C(=O)S/C(=C\c3ccc4c(cnn4Cc4ccc(Cl)cc4C(F)(F)F)c3)C2=O)CC1. The molecule has 11 nitrogen and oxygen atoms in total. The lowest BCUT2D eigenvalue weighted by Gasteiger charge is -2.30. The minimum absolute atomic E-state index is 0.00928. The molecule has 2 aromatic carbocycles. The molecule has 44 heavy (non-hydrogen) atoms. The Balaban J connectivity index is 1.26. The average Bonchev–Trinajstić information content (AvgIpc) is 3.48. The zero-order chi connectivity index (χ0) is 31.8. The summed E-state index contributed by atoms with van der Waals surface area (Å²) in [4.78, 5) is 38.7. The molecule has 0 unspecified atom stereocenters. The van der Waals surface area contributed by atoms with Crippen molar-refractivity contribution in [2.45, 2.75) is 31.7 Å². The fraction of sp³-hybridized carbons (Fsp3) is 0.333. The highest BCUT2D eigenvalue weighted by Crippen LogP contribution is 2.35. The standard InChI is InChI=1S/C27H25ClF3N5O6S2/c1-42-20-6-8-34(9-7-20)44(40,41)33-24(37)15-35-25(38)23(43-26(35)39)11-16-2-5-22-18(10-16)13-32-36(22)14-17-3-4-19(28)12-21(17)27(29,30)31/h2-5,10-13,20H,6-9,14-15H2,1H3,(H,33,37)/b23-11-. The van der Waals surface area contributed by atoms with Crippen LogP contribution in [0.1, 0.15) is 29.5 Å². The number of nitrogens with one attached hydrogen (secondary N) is 1. The van der Waals surface area contributed by atoms with E-state index in [0.717, 1.165) is 10.4 Å². The normalized spacial score (nSPS) is 18.1. The van der Waals surface area contributed by atoms with Gasteiger partial charge in [-0.05, 0) is 66.1 Å². The van der Waals surface area contributed by atoms with Gasteiger partial charge in [-0.15, -0.1) is 0 Å². The van der Waals surface area contributed by atoms with E-state index in [0.29, 0.717) is 46.0 Å². The Morgan fingerprint density at radius 1 is 1.18 bits per heavy atom.